The molecule has 8 heteroatoms. The molecule has 4 rings (SSSR count). The van der Waals surface area contributed by atoms with E-state index in [9.17, 15) is 9.59 Å². The maximum Gasteiger partial charge on any atom is 0.266 e. The van der Waals surface area contributed by atoms with E-state index < -0.39 is 0 Å². The first-order chi connectivity index (χ1) is 14.1. The molecular formula is C21H22N4O2S2. The molecule has 0 atom stereocenters. The summed E-state index contributed by atoms with van der Waals surface area (Å²) in [6.45, 7) is 0.534. The third-order valence-corrected chi connectivity index (χ3v) is 6.55. The van der Waals surface area contributed by atoms with Gasteiger partial charge in [0.1, 0.15) is 4.32 Å². The number of H-pyrrole nitrogens is 1. The maximum atomic E-state index is 12.8. The fourth-order valence-corrected chi connectivity index (χ4v) is 5.07. The molecule has 29 heavy (non-hydrogen) atoms. The summed E-state index contributed by atoms with van der Waals surface area (Å²) < 4.78 is 0.654. The lowest BCUT2D eigenvalue weighted by Crippen LogP contribution is -2.36. The van der Waals surface area contributed by atoms with Crippen molar-refractivity contribution in [2.45, 2.75) is 38.1 Å². The van der Waals surface area contributed by atoms with Crippen molar-refractivity contribution in [1.29, 1.82) is 0 Å². The molecule has 0 radical (unpaired) electrons. The fourth-order valence-electron chi connectivity index (χ4n) is 3.67. The molecule has 2 aromatic rings. The third-order valence-electron chi connectivity index (χ3n) is 5.22. The van der Waals surface area contributed by atoms with Crippen molar-refractivity contribution in [2.75, 3.05) is 6.54 Å². The molecule has 2 fully saturated rings. The minimum atomic E-state index is -0.122. The van der Waals surface area contributed by atoms with Gasteiger partial charge < -0.3 is 10.3 Å². The topological polar surface area (TPSA) is 78.1 Å². The zero-order valence-corrected chi connectivity index (χ0v) is 17.5. The van der Waals surface area contributed by atoms with Gasteiger partial charge >= 0.3 is 0 Å². The highest BCUT2D eigenvalue weighted by atomic mass is 32.2. The monoisotopic (exact) mass is 426 g/mol. The summed E-state index contributed by atoms with van der Waals surface area (Å²) in [4.78, 5) is 34.5. The normalized spacial score (nSPS) is 18.8. The Morgan fingerprint density at radius 1 is 1.31 bits per heavy atom. The van der Waals surface area contributed by atoms with Crippen molar-refractivity contribution in [2.24, 2.45) is 0 Å². The van der Waals surface area contributed by atoms with Gasteiger partial charge in [0, 0.05) is 36.5 Å². The van der Waals surface area contributed by atoms with E-state index in [4.69, 9.17) is 12.2 Å². The number of carbonyl (C=O) groups is 2. The molecule has 2 N–H and O–H groups in total. The summed E-state index contributed by atoms with van der Waals surface area (Å²) in [5.74, 6) is -0.115. The van der Waals surface area contributed by atoms with Crippen LogP contribution in [0.2, 0.25) is 0 Å². The first kappa shape index (κ1) is 19.8. The van der Waals surface area contributed by atoms with Crippen LogP contribution >= 0.6 is 24.0 Å². The van der Waals surface area contributed by atoms with Crippen LogP contribution in [0.25, 0.3) is 6.08 Å². The van der Waals surface area contributed by atoms with Crippen molar-refractivity contribution in [1.82, 2.24) is 20.2 Å². The van der Waals surface area contributed by atoms with Crippen molar-refractivity contribution in [3.63, 3.8) is 0 Å². The lowest BCUT2D eigenvalue weighted by molar-refractivity contribution is -0.123. The average Bonchev–Trinajstić information content (AvgIpc) is 3.46. The van der Waals surface area contributed by atoms with Gasteiger partial charge in [-0.15, -0.1) is 0 Å². The number of nitrogens with zero attached hydrogens (tertiary/aromatic N) is 2. The maximum absolute atomic E-state index is 12.8. The zero-order valence-electron chi connectivity index (χ0n) is 15.9. The van der Waals surface area contributed by atoms with Crippen LogP contribution in [0.5, 0.6) is 0 Å². The molecular weight excluding hydrogens is 404 g/mol. The second-order valence-corrected chi connectivity index (χ2v) is 8.87. The summed E-state index contributed by atoms with van der Waals surface area (Å²) >= 11 is 6.81. The molecule has 0 bridgehead atoms. The summed E-state index contributed by atoms with van der Waals surface area (Å²) in [6.07, 6.45) is 10.3. The van der Waals surface area contributed by atoms with Crippen molar-refractivity contribution >= 4 is 46.2 Å². The van der Waals surface area contributed by atoms with E-state index >= 15 is 0 Å². The molecule has 1 aliphatic heterocycles. The van der Waals surface area contributed by atoms with Gasteiger partial charge in [0.15, 0.2) is 0 Å². The molecule has 2 aliphatic rings. The molecule has 1 aromatic heterocycles. The summed E-state index contributed by atoms with van der Waals surface area (Å²) in [5, 5.41) is 2.90. The number of rotatable bonds is 6. The molecule has 1 saturated carbocycles. The summed E-state index contributed by atoms with van der Waals surface area (Å²) in [7, 11) is 0. The number of hydrogen-bond donors (Lipinski definition) is 2. The van der Waals surface area contributed by atoms with Gasteiger partial charge in [-0.2, -0.15) is 0 Å². The Balaban J connectivity index is 1.36. The van der Waals surface area contributed by atoms with Crippen molar-refractivity contribution in [3.05, 3.63) is 58.5 Å². The van der Waals surface area contributed by atoms with Gasteiger partial charge in [-0.05, 0) is 36.6 Å². The van der Waals surface area contributed by atoms with Crippen molar-refractivity contribution in [3.8, 4) is 0 Å². The van der Waals surface area contributed by atoms with Gasteiger partial charge in [-0.3, -0.25) is 14.5 Å². The Hall–Kier alpha value is -2.45. The molecule has 150 valence electrons. The fraction of sp³-hybridized carbons (Fsp3) is 0.333. The van der Waals surface area contributed by atoms with E-state index in [1.165, 1.54) is 11.8 Å². The van der Waals surface area contributed by atoms with Gasteiger partial charge in [-0.1, -0.05) is 49.0 Å². The van der Waals surface area contributed by atoms with Crippen molar-refractivity contribution < 1.29 is 9.59 Å². The number of imidazole rings is 1. The lowest BCUT2D eigenvalue weighted by atomic mass is 10.1. The third kappa shape index (κ3) is 4.59. The van der Waals surface area contributed by atoms with Crippen LogP contribution < -0.4 is 5.32 Å². The molecule has 1 saturated heterocycles. The van der Waals surface area contributed by atoms with Gasteiger partial charge in [-0.25, -0.2) is 4.98 Å². The van der Waals surface area contributed by atoms with Crippen LogP contribution in [0.4, 0.5) is 0 Å². The second kappa shape index (κ2) is 8.92. The molecule has 2 heterocycles. The Labute approximate surface area is 179 Å². The predicted molar refractivity (Wildman–Crippen MR) is 118 cm³/mol. The highest BCUT2D eigenvalue weighted by Crippen LogP contribution is 2.37. The predicted octanol–water partition coefficient (Wildman–Crippen LogP) is 3.53. The van der Waals surface area contributed by atoms with Gasteiger partial charge in [0.2, 0.25) is 0 Å². The van der Waals surface area contributed by atoms with Gasteiger partial charge in [0.25, 0.3) is 11.8 Å². The highest BCUT2D eigenvalue weighted by Gasteiger charge is 2.37. The number of thiocarbonyl (C=S) groups is 1. The van der Waals surface area contributed by atoms with E-state index in [2.05, 4.69) is 15.3 Å². The Kier molecular flexibility index (Phi) is 6.10. The smallest absolute Gasteiger partial charge is 0.266 e. The van der Waals surface area contributed by atoms with Crippen LogP contribution in [0.3, 0.4) is 0 Å². The average molecular weight is 427 g/mol. The number of nitrogens with one attached hydrogen (secondary N) is 2. The molecule has 6 nitrogen and oxygen atoms in total. The Morgan fingerprint density at radius 2 is 2.07 bits per heavy atom. The molecule has 0 spiro atoms. The van der Waals surface area contributed by atoms with E-state index in [1.807, 2.05) is 18.2 Å². The Morgan fingerprint density at radius 3 is 2.76 bits per heavy atom. The SMILES string of the molecule is O=C(NCCc1cnc[nH]1)c1ccc(C=C2SC(=S)N(C3CCCC3)C2=O)cc1. The number of hydrogen-bond acceptors (Lipinski definition) is 5. The number of carbonyl (C=O) groups excluding carboxylic acids is 2. The lowest BCUT2D eigenvalue weighted by Gasteiger charge is -2.21. The number of benzene rings is 1. The van der Waals surface area contributed by atoms with Crippen LogP contribution in [0, 0.1) is 0 Å². The van der Waals surface area contributed by atoms with Crippen LogP contribution in [-0.4, -0.2) is 43.6 Å². The zero-order chi connectivity index (χ0) is 20.2. The van der Waals surface area contributed by atoms with Crippen LogP contribution in [0.15, 0.2) is 41.7 Å². The first-order valence-electron chi connectivity index (χ1n) is 9.74. The van der Waals surface area contributed by atoms with E-state index in [1.54, 1.807) is 29.6 Å². The minimum absolute atomic E-state index is 0.00697. The van der Waals surface area contributed by atoms with E-state index in [0.29, 0.717) is 27.8 Å². The standard InChI is InChI=1S/C21H22N4O2S2/c26-19(23-10-9-16-12-22-13-24-16)15-7-5-14(6-8-15)11-18-20(27)25(21(28)29-18)17-3-1-2-4-17/h5-8,11-13,17H,1-4,9-10H2,(H,22,24)(H,23,26). The molecule has 2 amide bonds. The largest absolute Gasteiger partial charge is 0.352 e. The van der Waals surface area contributed by atoms with Crippen LogP contribution in [-0.2, 0) is 11.2 Å². The summed E-state index contributed by atoms with van der Waals surface area (Å²) in [5.41, 5.74) is 2.45. The summed E-state index contributed by atoms with van der Waals surface area (Å²) in [6, 6.07) is 7.50. The molecule has 1 aromatic carbocycles. The molecule has 1 aliphatic carbocycles. The van der Waals surface area contributed by atoms with Gasteiger partial charge in [0.05, 0.1) is 11.2 Å². The van der Waals surface area contributed by atoms with Crippen LogP contribution in [0.1, 0.15) is 47.3 Å². The number of amides is 2. The quantitative estimate of drug-likeness (QED) is 0.546. The first-order valence-corrected chi connectivity index (χ1v) is 11.0. The number of aromatic amines is 1. The Bertz CT molecular complexity index is 932. The highest BCUT2D eigenvalue weighted by molar-refractivity contribution is 8.26. The van der Waals surface area contributed by atoms with E-state index in [-0.39, 0.29) is 17.9 Å². The molecule has 0 unspecified atom stereocenters. The van der Waals surface area contributed by atoms with E-state index in [0.717, 1.165) is 36.9 Å². The number of thioether (sulfide) groups is 1. The number of aromatic nitrogens is 2. The second-order valence-electron chi connectivity index (χ2n) is 7.19. The minimum Gasteiger partial charge on any atom is -0.352 e.